The van der Waals surface area contributed by atoms with Crippen LogP contribution in [0, 0.1) is 0 Å². The number of hydrogen-bond donors (Lipinski definition) is 1. The Morgan fingerprint density at radius 2 is 2.06 bits per heavy atom. The Morgan fingerprint density at radius 1 is 1.28 bits per heavy atom. The number of nitrogens with zero attached hydrogens (tertiary/aromatic N) is 2. The number of aryl methyl sites for hydroxylation is 2. The van der Waals surface area contributed by atoms with Crippen molar-refractivity contribution >= 4 is 23.0 Å². The van der Waals surface area contributed by atoms with E-state index in [1.807, 2.05) is 4.90 Å². The summed E-state index contributed by atoms with van der Waals surface area (Å²) in [4.78, 5) is 16.5. The van der Waals surface area contributed by atoms with Gasteiger partial charge in [-0.15, -0.1) is 11.3 Å². The van der Waals surface area contributed by atoms with Crippen LogP contribution >= 0.6 is 11.3 Å². The van der Waals surface area contributed by atoms with Gasteiger partial charge in [0.05, 0.1) is 10.6 Å². The van der Waals surface area contributed by atoms with E-state index in [4.69, 9.17) is 5.21 Å². The summed E-state index contributed by atoms with van der Waals surface area (Å²) < 4.78 is 0. The second-order valence-electron chi connectivity index (χ2n) is 4.87. The van der Waals surface area contributed by atoms with Crippen molar-refractivity contribution in [2.75, 3.05) is 13.1 Å². The lowest BCUT2D eigenvalue weighted by Crippen LogP contribution is -2.38. The monoisotopic (exact) mass is 264 g/mol. The summed E-state index contributed by atoms with van der Waals surface area (Å²) in [5.74, 6) is 0.145. The normalized spacial score (nSPS) is 18.9. The molecule has 1 N–H and O–H groups in total. The highest BCUT2D eigenvalue weighted by Gasteiger charge is 2.24. The van der Waals surface area contributed by atoms with Crippen molar-refractivity contribution in [3.05, 3.63) is 21.4 Å². The Bertz CT molecular complexity index is 476. The molecule has 0 radical (unpaired) electrons. The first-order valence-electron chi connectivity index (χ1n) is 6.38. The fourth-order valence-electron chi connectivity index (χ4n) is 2.66. The molecule has 1 aromatic rings. The highest BCUT2D eigenvalue weighted by atomic mass is 32.1. The Labute approximate surface area is 110 Å². The van der Waals surface area contributed by atoms with E-state index in [9.17, 15) is 4.79 Å². The molecule has 4 nitrogen and oxygen atoms in total. The topological polar surface area (TPSA) is 52.9 Å². The minimum absolute atomic E-state index is 0.145. The highest BCUT2D eigenvalue weighted by molar-refractivity contribution is 7.14. The molecule has 1 fully saturated rings. The van der Waals surface area contributed by atoms with Crippen molar-refractivity contribution in [1.82, 2.24) is 4.90 Å². The van der Waals surface area contributed by atoms with E-state index in [1.165, 1.54) is 16.9 Å². The van der Waals surface area contributed by atoms with Gasteiger partial charge in [0.1, 0.15) is 0 Å². The molecule has 3 rings (SSSR count). The van der Waals surface area contributed by atoms with Gasteiger partial charge in [0, 0.05) is 30.8 Å². The number of likely N-dealkylation sites (tertiary alicyclic amines) is 1. The lowest BCUT2D eigenvalue weighted by atomic mass is 10.1. The summed E-state index contributed by atoms with van der Waals surface area (Å²) in [6.07, 6.45) is 4.87. The first-order chi connectivity index (χ1) is 8.78. The van der Waals surface area contributed by atoms with Gasteiger partial charge in [0.2, 0.25) is 0 Å². The molecule has 0 unspecified atom stereocenters. The van der Waals surface area contributed by atoms with E-state index in [-0.39, 0.29) is 5.91 Å². The van der Waals surface area contributed by atoms with E-state index in [1.54, 1.807) is 11.3 Å². The summed E-state index contributed by atoms with van der Waals surface area (Å²) in [5, 5.41) is 11.9. The maximum atomic E-state index is 12.3. The van der Waals surface area contributed by atoms with E-state index in [0.717, 1.165) is 23.4 Å². The number of carbonyl (C=O) groups is 1. The molecule has 1 aromatic heterocycles. The average Bonchev–Trinajstić information content (AvgIpc) is 2.99. The number of piperidine rings is 1. The van der Waals surface area contributed by atoms with Crippen LogP contribution in [-0.4, -0.2) is 34.8 Å². The molecule has 2 heterocycles. The molecule has 1 saturated heterocycles. The molecule has 1 aliphatic heterocycles. The van der Waals surface area contributed by atoms with Crippen LogP contribution in [0.15, 0.2) is 11.2 Å². The molecule has 0 aromatic carbocycles. The smallest absolute Gasteiger partial charge is 0.263 e. The second-order valence-corrected chi connectivity index (χ2v) is 6.01. The lowest BCUT2D eigenvalue weighted by Gasteiger charge is -2.26. The van der Waals surface area contributed by atoms with Gasteiger partial charge in [-0.25, -0.2) is 0 Å². The zero-order valence-electron chi connectivity index (χ0n) is 10.2. The number of amides is 1. The minimum Gasteiger partial charge on any atom is -0.411 e. The van der Waals surface area contributed by atoms with Gasteiger partial charge in [-0.3, -0.25) is 4.79 Å². The van der Waals surface area contributed by atoms with Gasteiger partial charge in [-0.1, -0.05) is 5.16 Å². The molecule has 18 heavy (non-hydrogen) atoms. The molecule has 0 bridgehead atoms. The summed E-state index contributed by atoms with van der Waals surface area (Å²) in [6, 6.07) is 2.07. The molecule has 1 aliphatic carbocycles. The minimum atomic E-state index is 0.145. The molecule has 1 amide bonds. The summed E-state index contributed by atoms with van der Waals surface area (Å²) in [6.45, 7) is 1.33. The first-order valence-corrected chi connectivity index (χ1v) is 7.20. The van der Waals surface area contributed by atoms with Gasteiger partial charge >= 0.3 is 0 Å². The van der Waals surface area contributed by atoms with Crippen molar-refractivity contribution in [2.24, 2.45) is 5.16 Å². The van der Waals surface area contributed by atoms with Gasteiger partial charge in [-0.2, -0.15) is 0 Å². The van der Waals surface area contributed by atoms with Crippen molar-refractivity contribution < 1.29 is 10.0 Å². The van der Waals surface area contributed by atoms with Crippen LogP contribution in [0.3, 0.4) is 0 Å². The SMILES string of the molecule is O=C(c1cc2c(s1)CCC2)N1CCC(=NO)CC1. The standard InChI is InChI=1S/C13H16N2O2S/c16-13(15-6-4-10(14-17)5-7-15)12-8-9-2-1-3-11(9)18-12/h8,17H,1-7H2. The molecule has 0 atom stereocenters. The van der Waals surface area contributed by atoms with Crippen molar-refractivity contribution in [3.63, 3.8) is 0 Å². The zero-order chi connectivity index (χ0) is 12.5. The average molecular weight is 264 g/mol. The first kappa shape index (κ1) is 11.7. The van der Waals surface area contributed by atoms with E-state index < -0.39 is 0 Å². The number of thiophene rings is 1. The number of carbonyl (C=O) groups excluding carboxylic acids is 1. The van der Waals surface area contributed by atoms with Crippen LogP contribution in [0.2, 0.25) is 0 Å². The molecule has 2 aliphatic rings. The number of oxime groups is 1. The fraction of sp³-hybridized carbons (Fsp3) is 0.538. The Balaban J connectivity index is 1.71. The van der Waals surface area contributed by atoms with Crippen molar-refractivity contribution in [1.29, 1.82) is 0 Å². The van der Waals surface area contributed by atoms with E-state index in [2.05, 4.69) is 11.2 Å². The maximum absolute atomic E-state index is 12.3. The molecule has 96 valence electrons. The molecular formula is C13H16N2O2S. The molecule has 0 saturated carbocycles. The quantitative estimate of drug-likeness (QED) is 0.625. The van der Waals surface area contributed by atoms with Crippen LogP contribution in [0.25, 0.3) is 0 Å². The van der Waals surface area contributed by atoms with Crippen LogP contribution < -0.4 is 0 Å². The summed E-state index contributed by atoms with van der Waals surface area (Å²) in [7, 11) is 0. The fourth-order valence-corrected chi connectivity index (χ4v) is 3.88. The van der Waals surface area contributed by atoms with Gasteiger partial charge in [-0.05, 0) is 30.9 Å². The van der Waals surface area contributed by atoms with Crippen LogP contribution in [0.4, 0.5) is 0 Å². The van der Waals surface area contributed by atoms with Gasteiger partial charge in [0.15, 0.2) is 0 Å². The highest BCUT2D eigenvalue weighted by Crippen LogP contribution is 2.31. The van der Waals surface area contributed by atoms with Crippen LogP contribution in [0.5, 0.6) is 0 Å². The Hall–Kier alpha value is -1.36. The lowest BCUT2D eigenvalue weighted by molar-refractivity contribution is 0.0758. The second kappa shape index (κ2) is 4.72. The Kier molecular flexibility index (Phi) is 3.07. The predicted molar refractivity (Wildman–Crippen MR) is 70.7 cm³/mol. The van der Waals surface area contributed by atoms with E-state index in [0.29, 0.717) is 25.9 Å². The van der Waals surface area contributed by atoms with Crippen LogP contribution in [-0.2, 0) is 12.8 Å². The summed E-state index contributed by atoms with van der Waals surface area (Å²) in [5.41, 5.74) is 2.17. The molecular weight excluding hydrogens is 248 g/mol. The largest absolute Gasteiger partial charge is 0.411 e. The van der Waals surface area contributed by atoms with Crippen molar-refractivity contribution in [2.45, 2.75) is 32.1 Å². The molecule has 5 heteroatoms. The van der Waals surface area contributed by atoms with Gasteiger partial charge in [0.25, 0.3) is 5.91 Å². The molecule has 0 spiro atoms. The predicted octanol–water partition coefficient (Wildman–Crippen LogP) is 2.30. The third-order valence-corrected chi connectivity index (χ3v) is 4.95. The third kappa shape index (κ3) is 2.03. The zero-order valence-corrected chi connectivity index (χ0v) is 11.0. The third-order valence-electron chi connectivity index (χ3n) is 3.73. The number of hydrogen-bond acceptors (Lipinski definition) is 4. The number of rotatable bonds is 1. The summed E-state index contributed by atoms with van der Waals surface area (Å²) >= 11 is 1.66. The van der Waals surface area contributed by atoms with Gasteiger partial charge < -0.3 is 10.1 Å². The maximum Gasteiger partial charge on any atom is 0.263 e. The van der Waals surface area contributed by atoms with Crippen molar-refractivity contribution in [3.8, 4) is 0 Å². The van der Waals surface area contributed by atoms with E-state index >= 15 is 0 Å². The Morgan fingerprint density at radius 3 is 2.72 bits per heavy atom. The number of fused-ring (bicyclic) bond motifs is 1. The van der Waals surface area contributed by atoms with Crippen LogP contribution in [0.1, 0.15) is 39.4 Å².